The van der Waals surface area contributed by atoms with Crippen molar-refractivity contribution in [1.82, 2.24) is 10.2 Å². The van der Waals surface area contributed by atoms with Crippen molar-refractivity contribution in [3.8, 4) is 0 Å². The van der Waals surface area contributed by atoms with Gasteiger partial charge in [-0.3, -0.25) is 14.9 Å². The lowest BCUT2D eigenvalue weighted by molar-refractivity contribution is -0.134. The van der Waals surface area contributed by atoms with Crippen molar-refractivity contribution in [3.05, 3.63) is 34.6 Å². The Kier molecular flexibility index (Phi) is 5.23. The van der Waals surface area contributed by atoms with Crippen molar-refractivity contribution in [2.45, 2.75) is 64.3 Å². The maximum Gasteiger partial charge on any atom is 0.234 e. The molecule has 2 aliphatic heterocycles. The van der Waals surface area contributed by atoms with E-state index in [0.29, 0.717) is 24.4 Å². The van der Waals surface area contributed by atoms with Gasteiger partial charge in [-0.05, 0) is 81.8 Å². The molecule has 4 nitrogen and oxygen atoms in total. The Balaban J connectivity index is 1.79. The zero-order valence-electron chi connectivity index (χ0n) is 15.3. The average Bonchev–Trinajstić information content (AvgIpc) is 2.54. The number of carbonyl (C=O) groups is 2. The number of nitrogens with zero attached hydrogens (tertiary/aromatic N) is 1. The summed E-state index contributed by atoms with van der Waals surface area (Å²) in [5, 5.41) is 2.35. The molecule has 1 aromatic rings. The van der Waals surface area contributed by atoms with E-state index in [2.05, 4.69) is 24.1 Å². The smallest absolute Gasteiger partial charge is 0.234 e. The van der Waals surface area contributed by atoms with Crippen molar-refractivity contribution >= 4 is 11.8 Å². The fourth-order valence-electron chi connectivity index (χ4n) is 4.22. The van der Waals surface area contributed by atoms with Gasteiger partial charge in [-0.15, -0.1) is 0 Å². The first-order valence-electron chi connectivity index (χ1n) is 9.24. The van der Waals surface area contributed by atoms with Crippen LogP contribution in [0.1, 0.15) is 68.1 Å². The highest BCUT2D eigenvalue weighted by Crippen LogP contribution is 2.35. The molecule has 0 aromatic heterocycles. The molecule has 136 valence electrons. The molecule has 2 fully saturated rings. The zero-order chi connectivity index (χ0) is 18.1. The lowest BCUT2D eigenvalue weighted by atomic mass is 9.82. The molecule has 2 amide bonds. The van der Waals surface area contributed by atoms with Crippen molar-refractivity contribution in [2.75, 3.05) is 13.1 Å². The third kappa shape index (κ3) is 3.76. The van der Waals surface area contributed by atoms with E-state index in [4.69, 9.17) is 0 Å². The minimum atomic E-state index is -0.428. The number of halogens is 1. The van der Waals surface area contributed by atoms with E-state index in [-0.39, 0.29) is 23.5 Å². The molecule has 1 N–H and O–H groups in total. The minimum Gasteiger partial charge on any atom is -0.301 e. The minimum absolute atomic E-state index is 0.206. The third-order valence-corrected chi connectivity index (χ3v) is 5.67. The predicted octanol–water partition coefficient (Wildman–Crippen LogP) is 3.24. The number of aryl methyl sites for hydroxylation is 1. The van der Waals surface area contributed by atoms with Gasteiger partial charge in [0.2, 0.25) is 11.8 Å². The van der Waals surface area contributed by atoms with Crippen LogP contribution >= 0.6 is 0 Å². The molecule has 1 aromatic carbocycles. The van der Waals surface area contributed by atoms with E-state index in [1.165, 1.54) is 6.07 Å². The summed E-state index contributed by atoms with van der Waals surface area (Å²) >= 11 is 0. The summed E-state index contributed by atoms with van der Waals surface area (Å²) in [6.07, 6.45) is 2.70. The molecule has 2 aliphatic rings. The number of hydrogen-bond acceptors (Lipinski definition) is 3. The summed E-state index contributed by atoms with van der Waals surface area (Å²) in [6.45, 7) is 8.32. The number of carbonyl (C=O) groups excluding carboxylic acids is 2. The summed E-state index contributed by atoms with van der Waals surface area (Å²) in [4.78, 5) is 25.8. The van der Waals surface area contributed by atoms with Gasteiger partial charge < -0.3 is 4.90 Å². The van der Waals surface area contributed by atoms with Gasteiger partial charge in [0.1, 0.15) is 5.82 Å². The van der Waals surface area contributed by atoms with Crippen LogP contribution in [-0.2, 0) is 9.59 Å². The van der Waals surface area contributed by atoms with Gasteiger partial charge in [0.05, 0.1) is 5.92 Å². The third-order valence-electron chi connectivity index (χ3n) is 5.67. The molecule has 0 bridgehead atoms. The molecule has 5 heteroatoms. The van der Waals surface area contributed by atoms with Crippen molar-refractivity contribution < 1.29 is 14.0 Å². The van der Waals surface area contributed by atoms with Crippen LogP contribution in [0.2, 0.25) is 0 Å². The maximum absolute atomic E-state index is 14.9. The van der Waals surface area contributed by atoms with Crippen molar-refractivity contribution in [1.29, 1.82) is 0 Å². The topological polar surface area (TPSA) is 49.4 Å². The van der Waals surface area contributed by atoms with E-state index in [9.17, 15) is 14.0 Å². The Morgan fingerprint density at radius 1 is 1.16 bits per heavy atom. The van der Waals surface area contributed by atoms with Crippen LogP contribution in [0.5, 0.6) is 0 Å². The molecule has 0 spiro atoms. The lowest BCUT2D eigenvalue weighted by Gasteiger charge is -2.35. The van der Waals surface area contributed by atoms with Crippen LogP contribution in [0.25, 0.3) is 0 Å². The fraction of sp³-hybridized carbons (Fsp3) is 0.600. The van der Waals surface area contributed by atoms with E-state index < -0.39 is 5.92 Å². The SMILES string of the molecule is Cc1cc(C2CCC(=O)NC2=O)cc(F)c1C1CCN(C(C)C)CC1. The molecule has 1 unspecified atom stereocenters. The number of likely N-dealkylation sites (tertiary alicyclic amines) is 1. The van der Waals surface area contributed by atoms with Gasteiger partial charge in [0, 0.05) is 12.5 Å². The number of benzene rings is 1. The second-order valence-corrected chi connectivity index (χ2v) is 7.64. The summed E-state index contributed by atoms with van der Waals surface area (Å²) in [5.74, 6) is -0.948. The molecule has 2 saturated heterocycles. The predicted molar refractivity (Wildman–Crippen MR) is 94.9 cm³/mol. The first kappa shape index (κ1) is 18.1. The maximum atomic E-state index is 14.9. The Morgan fingerprint density at radius 2 is 1.84 bits per heavy atom. The second-order valence-electron chi connectivity index (χ2n) is 7.64. The Labute approximate surface area is 148 Å². The van der Waals surface area contributed by atoms with Gasteiger partial charge in [-0.25, -0.2) is 4.39 Å². The van der Waals surface area contributed by atoms with Crippen LogP contribution in [0.4, 0.5) is 4.39 Å². The number of amides is 2. The highest BCUT2D eigenvalue weighted by molar-refractivity contribution is 6.00. The monoisotopic (exact) mass is 346 g/mol. The number of imide groups is 1. The van der Waals surface area contributed by atoms with E-state index >= 15 is 0 Å². The molecule has 0 aliphatic carbocycles. The van der Waals surface area contributed by atoms with Gasteiger partial charge in [-0.2, -0.15) is 0 Å². The summed E-state index contributed by atoms with van der Waals surface area (Å²) in [5.41, 5.74) is 2.41. The van der Waals surface area contributed by atoms with Crippen LogP contribution in [0, 0.1) is 12.7 Å². The Morgan fingerprint density at radius 3 is 2.40 bits per heavy atom. The van der Waals surface area contributed by atoms with Gasteiger partial charge >= 0.3 is 0 Å². The number of hydrogen-bond donors (Lipinski definition) is 1. The van der Waals surface area contributed by atoms with Gasteiger partial charge in [0.25, 0.3) is 0 Å². The molecule has 0 radical (unpaired) electrons. The zero-order valence-corrected chi connectivity index (χ0v) is 15.3. The number of piperidine rings is 2. The largest absolute Gasteiger partial charge is 0.301 e. The fourth-order valence-corrected chi connectivity index (χ4v) is 4.22. The second kappa shape index (κ2) is 7.24. The first-order chi connectivity index (χ1) is 11.9. The normalized spacial score (nSPS) is 23.2. The van der Waals surface area contributed by atoms with Crippen LogP contribution in [0.15, 0.2) is 12.1 Å². The molecule has 2 heterocycles. The Bertz CT molecular complexity index is 655. The van der Waals surface area contributed by atoms with E-state index in [1.807, 2.05) is 13.0 Å². The quantitative estimate of drug-likeness (QED) is 0.855. The van der Waals surface area contributed by atoms with E-state index in [0.717, 1.165) is 37.1 Å². The molecule has 0 saturated carbocycles. The van der Waals surface area contributed by atoms with Crippen LogP contribution in [-0.4, -0.2) is 35.8 Å². The number of nitrogens with one attached hydrogen (secondary N) is 1. The van der Waals surface area contributed by atoms with Gasteiger partial charge in [-0.1, -0.05) is 6.07 Å². The average molecular weight is 346 g/mol. The van der Waals surface area contributed by atoms with Crippen molar-refractivity contribution in [3.63, 3.8) is 0 Å². The molecule has 3 rings (SSSR count). The highest BCUT2D eigenvalue weighted by atomic mass is 19.1. The molecule has 25 heavy (non-hydrogen) atoms. The lowest BCUT2D eigenvalue weighted by Crippen LogP contribution is -2.39. The summed E-state index contributed by atoms with van der Waals surface area (Å²) in [6, 6.07) is 3.98. The Hall–Kier alpha value is -1.75. The standard InChI is InChI=1S/C20H27FN2O2/c1-12(2)23-8-6-14(7-9-23)19-13(3)10-15(11-17(19)21)16-4-5-18(24)22-20(16)25/h10-12,14,16H,4-9H2,1-3H3,(H,22,24,25). The molecule has 1 atom stereocenters. The van der Waals surface area contributed by atoms with Gasteiger partial charge in [0.15, 0.2) is 0 Å². The van der Waals surface area contributed by atoms with Crippen LogP contribution < -0.4 is 5.32 Å². The highest BCUT2D eigenvalue weighted by Gasteiger charge is 2.30. The molecular weight excluding hydrogens is 319 g/mol. The van der Waals surface area contributed by atoms with Crippen LogP contribution in [0.3, 0.4) is 0 Å². The molecular formula is C20H27FN2O2. The van der Waals surface area contributed by atoms with E-state index in [1.54, 1.807) is 0 Å². The first-order valence-corrected chi connectivity index (χ1v) is 9.24. The number of rotatable bonds is 3. The van der Waals surface area contributed by atoms with Crippen molar-refractivity contribution in [2.24, 2.45) is 0 Å². The summed E-state index contributed by atoms with van der Waals surface area (Å²) in [7, 11) is 0. The summed E-state index contributed by atoms with van der Waals surface area (Å²) < 4.78 is 14.9.